The standard InChI is InChI=1S/C18H23N7/c1-13-3-2-7-20-17(13)23-18-16-14(4-10-25(16)22-12-21-18)11-24-8-5-15(19)6-9-24/h2-4,7,10,12,15H,5-6,8-9,11,19H2,1H3,(H,20,21,22,23). The molecule has 0 spiro atoms. The summed E-state index contributed by atoms with van der Waals surface area (Å²) in [4.78, 5) is 11.3. The lowest BCUT2D eigenvalue weighted by Crippen LogP contribution is -2.39. The molecule has 0 radical (unpaired) electrons. The van der Waals surface area contributed by atoms with Gasteiger partial charge in [-0.2, -0.15) is 5.10 Å². The Bertz CT molecular complexity index is 865. The van der Waals surface area contributed by atoms with Gasteiger partial charge >= 0.3 is 0 Å². The summed E-state index contributed by atoms with van der Waals surface area (Å²) < 4.78 is 1.87. The second-order valence-corrected chi connectivity index (χ2v) is 6.65. The number of aromatic nitrogens is 4. The monoisotopic (exact) mass is 337 g/mol. The number of piperidine rings is 1. The number of rotatable bonds is 4. The van der Waals surface area contributed by atoms with Crippen molar-refractivity contribution < 1.29 is 0 Å². The minimum atomic E-state index is 0.342. The van der Waals surface area contributed by atoms with E-state index in [-0.39, 0.29) is 0 Å². The Labute approximate surface area is 146 Å². The third kappa shape index (κ3) is 3.33. The van der Waals surface area contributed by atoms with Gasteiger partial charge in [-0.1, -0.05) is 6.07 Å². The highest BCUT2D eigenvalue weighted by Gasteiger charge is 2.19. The van der Waals surface area contributed by atoms with Crippen molar-refractivity contribution in [3.63, 3.8) is 0 Å². The van der Waals surface area contributed by atoms with Crippen molar-refractivity contribution in [2.24, 2.45) is 5.73 Å². The zero-order valence-corrected chi connectivity index (χ0v) is 14.4. The van der Waals surface area contributed by atoms with E-state index in [1.54, 1.807) is 12.5 Å². The first kappa shape index (κ1) is 16.0. The van der Waals surface area contributed by atoms with Crippen molar-refractivity contribution in [3.05, 3.63) is 48.0 Å². The number of hydrogen-bond donors (Lipinski definition) is 2. The van der Waals surface area contributed by atoms with Crippen LogP contribution < -0.4 is 11.1 Å². The van der Waals surface area contributed by atoms with Crippen LogP contribution in [0.5, 0.6) is 0 Å². The number of anilines is 2. The molecule has 1 fully saturated rings. The van der Waals surface area contributed by atoms with Crippen LogP contribution in [0.3, 0.4) is 0 Å². The largest absolute Gasteiger partial charge is 0.328 e. The molecule has 3 N–H and O–H groups in total. The van der Waals surface area contributed by atoms with Gasteiger partial charge in [0.1, 0.15) is 17.7 Å². The topological polar surface area (TPSA) is 84.4 Å². The molecular weight excluding hydrogens is 314 g/mol. The Morgan fingerprint density at radius 2 is 2.04 bits per heavy atom. The molecule has 0 aliphatic carbocycles. The molecule has 0 bridgehead atoms. The Kier molecular flexibility index (Phi) is 4.33. The molecule has 3 aromatic rings. The van der Waals surface area contributed by atoms with E-state index in [2.05, 4.69) is 31.3 Å². The van der Waals surface area contributed by atoms with Crippen molar-refractivity contribution in [2.45, 2.75) is 32.4 Å². The predicted molar refractivity (Wildman–Crippen MR) is 97.7 cm³/mol. The van der Waals surface area contributed by atoms with Gasteiger partial charge in [0.15, 0.2) is 5.82 Å². The molecule has 7 nitrogen and oxygen atoms in total. The van der Waals surface area contributed by atoms with Crippen LogP contribution in [0.15, 0.2) is 36.9 Å². The maximum Gasteiger partial charge on any atom is 0.159 e. The maximum atomic E-state index is 6.02. The van der Waals surface area contributed by atoms with Gasteiger partial charge in [-0.3, -0.25) is 4.90 Å². The van der Waals surface area contributed by atoms with Crippen LogP contribution in [0.25, 0.3) is 5.52 Å². The van der Waals surface area contributed by atoms with Gasteiger partial charge in [0.2, 0.25) is 0 Å². The van der Waals surface area contributed by atoms with Crippen LogP contribution in [-0.2, 0) is 6.54 Å². The fourth-order valence-electron chi connectivity index (χ4n) is 3.32. The van der Waals surface area contributed by atoms with Crippen molar-refractivity contribution >= 4 is 17.2 Å². The van der Waals surface area contributed by atoms with Crippen LogP contribution in [0.4, 0.5) is 11.6 Å². The van der Waals surface area contributed by atoms with Crippen molar-refractivity contribution in [1.82, 2.24) is 24.5 Å². The van der Waals surface area contributed by atoms with E-state index in [1.807, 2.05) is 29.8 Å². The van der Waals surface area contributed by atoms with Crippen LogP contribution in [0, 0.1) is 6.92 Å². The molecule has 7 heteroatoms. The van der Waals surface area contributed by atoms with Crippen LogP contribution >= 0.6 is 0 Å². The lowest BCUT2D eigenvalue weighted by Gasteiger charge is -2.29. The van der Waals surface area contributed by atoms with E-state index in [0.29, 0.717) is 6.04 Å². The second kappa shape index (κ2) is 6.78. The molecule has 0 aromatic carbocycles. The van der Waals surface area contributed by atoms with Crippen molar-refractivity contribution in [3.8, 4) is 0 Å². The fourth-order valence-corrected chi connectivity index (χ4v) is 3.32. The average Bonchev–Trinajstić information content (AvgIpc) is 3.03. The summed E-state index contributed by atoms with van der Waals surface area (Å²) in [5.41, 5.74) is 9.32. The van der Waals surface area contributed by atoms with Crippen molar-refractivity contribution in [1.29, 1.82) is 0 Å². The fraction of sp³-hybridized carbons (Fsp3) is 0.389. The van der Waals surface area contributed by atoms with Gasteiger partial charge in [0, 0.05) is 25.0 Å². The molecule has 130 valence electrons. The minimum Gasteiger partial charge on any atom is -0.328 e. The van der Waals surface area contributed by atoms with Gasteiger partial charge in [0.25, 0.3) is 0 Å². The number of nitrogens with zero attached hydrogens (tertiary/aromatic N) is 5. The number of likely N-dealkylation sites (tertiary alicyclic amines) is 1. The van der Waals surface area contributed by atoms with E-state index < -0.39 is 0 Å². The molecule has 1 aliphatic heterocycles. The number of pyridine rings is 1. The smallest absolute Gasteiger partial charge is 0.159 e. The first-order valence-electron chi connectivity index (χ1n) is 8.68. The Morgan fingerprint density at radius 1 is 1.20 bits per heavy atom. The lowest BCUT2D eigenvalue weighted by atomic mass is 10.1. The lowest BCUT2D eigenvalue weighted by molar-refractivity contribution is 0.206. The molecule has 1 saturated heterocycles. The molecule has 0 unspecified atom stereocenters. The minimum absolute atomic E-state index is 0.342. The van der Waals surface area contributed by atoms with Crippen molar-refractivity contribution in [2.75, 3.05) is 18.4 Å². The first-order valence-corrected chi connectivity index (χ1v) is 8.68. The molecule has 3 aromatic heterocycles. The Morgan fingerprint density at radius 3 is 2.84 bits per heavy atom. The van der Waals surface area contributed by atoms with E-state index in [4.69, 9.17) is 5.73 Å². The van der Waals surface area contributed by atoms with Gasteiger partial charge in [-0.25, -0.2) is 14.5 Å². The third-order valence-corrected chi connectivity index (χ3v) is 4.81. The van der Waals surface area contributed by atoms with Crippen LogP contribution in [-0.4, -0.2) is 43.6 Å². The summed E-state index contributed by atoms with van der Waals surface area (Å²) in [6.07, 6.45) is 7.45. The van der Waals surface area contributed by atoms with E-state index in [9.17, 15) is 0 Å². The van der Waals surface area contributed by atoms with Gasteiger partial charge in [-0.15, -0.1) is 0 Å². The van der Waals surface area contributed by atoms with E-state index in [0.717, 1.165) is 55.2 Å². The second-order valence-electron chi connectivity index (χ2n) is 6.65. The SMILES string of the molecule is Cc1cccnc1Nc1ncnn2ccc(CN3CCC(N)CC3)c12. The van der Waals surface area contributed by atoms with Crippen LogP contribution in [0.2, 0.25) is 0 Å². The van der Waals surface area contributed by atoms with Gasteiger partial charge in [-0.05, 0) is 56.1 Å². The highest BCUT2D eigenvalue weighted by atomic mass is 15.3. The zero-order chi connectivity index (χ0) is 17.2. The van der Waals surface area contributed by atoms with Gasteiger partial charge < -0.3 is 11.1 Å². The van der Waals surface area contributed by atoms with Crippen LogP contribution in [0.1, 0.15) is 24.0 Å². The summed E-state index contributed by atoms with van der Waals surface area (Å²) in [5, 5.41) is 7.70. The summed E-state index contributed by atoms with van der Waals surface area (Å²) in [6, 6.07) is 6.42. The molecule has 4 rings (SSSR count). The molecule has 0 amide bonds. The Balaban J connectivity index is 1.64. The Hall–Kier alpha value is -2.51. The normalized spacial score (nSPS) is 16.4. The number of aryl methyl sites for hydroxylation is 1. The van der Waals surface area contributed by atoms with E-state index >= 15 is 0 Å². The maximum absolute atomic E-state index is 6.02. The van der Waals surface area contributed by atoms with Gasteiger partial charge in [0.05, 0.1) is 0 Å². The number of nitrogens with two attached hydrogens (primary N) is 1. The quantitative estimate of drug-likeness (QED) is 0.758. The zero-order valence-electron chi connectivity index (χ0n) is 14.4. The average molecular weight is 337 g/mol. The number of hydrogen-bond acceptors (Lipinski definition) is 6. The number of fused-ring (bicyclic) bond motifs is 1. The molecule has 25 heavy (non-hydrogen) atoms. The molecular formula is C18H23N7. The molecule has 4 heterocycles. The van der Waals surface area contributed by atoms with E-state index in [1.165, 1.54) is 5.56 Å². The molecule has 0 saturated carbocycles. The summed E-state index contributed by atoms with van der Waals surface area (Å²) in [6.45, 7) is 4.98. The predicted octanol–water partition coefficient (Wildman–Crippen LogP) is 2.10. The highest BCUT2D eigenvalue weighted by Crippen LogP contribution is 2.25. The molecule has 0 atom stereocenters. The molecule has 1 aliphatic rings. The number of nitrogens with one attached hydrogen (secondary N) is 1. The summed E-state index contributed by atoms with van der Waals surface area (Å²) >= 11 is 0. The summed E-state index contributed by atoms with van der Waals surface area (Å²) in [5.74, 6) is 1.60. The third-order valence-electron chi connectivity index (χ3n) is 4.81. The summed E-state index contributed by atoms with van der Waals surface area (Å²) in [7, 11) is 0. The highest BCUT2D eigenvalue weighted by molar-refractivity contribution is 5.76. The first-order chi connectivity index (χ1) is 12.2.